The third kappa shape index (κ3) is 5.03. The van der Waals surface area contributed by atoms with Crippen LogP contribution < -0.4 is 10.2 Å². The number of hydrogen-bond acceptors (Lipinski definition) is 5. The van der Waals surface area contributed by atoms with Crippen molar-refractivity contribution in [1.29, 1.82) is 0 Å². The van der Waals surface area contributed by atoms with Crippen LogP contribution in [0.15, 0.2) is 28.7 Å². The Morgan fingerprint density at radius 1 is 1.33 bits per heavy atom. The number of nitrogens with one attached hydrogen (secondary N) is 1. The van der Waals surface area contributed by atoms with Gasteiger partial charge in [0, 0.05) is 17.0 Å². The van der Waals surface area contributed by atoms with Crippen molar-refractivity contribution in [2.24, 2.45) is 5.10 Å². The van der Waals surface area contributed by atoms with E-state index in [2.05, 4.69) is 20.2 Å². The normalized spacial score (nSPS) is 11.9. The molecular formula is C12H9F4N3OS. The summed E-state index contributed by atoms with van der Waals surface area (Å²) in [5, 5.41) is 6.09. The molecule has 9 heteroatoms. The molecule has 0 spiro atoms. The Balaban J connectivity index is 2.08. The maximum absolute atomic E-state index is 13.2. The molecule has 1 heterocycles. The molecule has 1 N–H and O–H groups in total. The average molecular weight is 319 g/mol. The van der Waals surface area contributed by atoms with Gasteiger partial charge in [0.05, 0.1) is 11.9 Å². The van der Waals surface area contributed by atoms with E-state index >= 15 is 0 Å². The second kappa shape index (κ2) is 6.08. The van der Waals surface area contributed by atoms with Crippen LogP contribution in [0.5, 0.6) is 5.75 Å². The van der Waals surface area contributed by atoms with E-state index in [9.17, 15) is 17.6 Å². The highest BCUT2D eigenvalue weighted by Crippen LogP contribution is 2.24. The number of nitrogens with zero attached hydrogens (tertiary/aromatic N) is 2. The molecule has 21 heavy (non-hydrogen) atoms. The van der Waals surface area contributed by atoms with Crippen LogP contribution in [0.4, 0.5) is 22.7 Å². The largest absolute Gasteiger partial charge is 0.573 e. The van der Waals surface area contributed by atoms with Crippen LogP contribution in [-0.4, -0.2) is 17.6 Å². The minimum Gasteiger partial charge on any atom is -0.406 e. The number of rotatable bonds is 4. The molecule has 0 amide bonds. The van der Waals surface area contributed by atoms with Gasteiger partial charge in [-0.1, -0.05) is 0 Å². The zero-order valence-corrected chi connectivity index (χ0v) is 11.4. The minimum absolute atomic E-state index is 0.120. The number of aryl methyl sites for hydroxylation is 1. The van der Waals surface area contributed by atoms with Crippen molar-refractivity contribution in [3.05, 3.63) is 40.7 Å². The first-order chi connectivity index (χ1) is 9.82. The van der Waals surface area contributed by atoms with Crippen molar-refractivity contribution in [2.75, 3.05) is 5.43 Å². The Kier molecular flexibility index (Phi) is 4.41. The quantitative estimate of drug-likeness (QED) is 0.527. The highest BCUT2D eigenvalue weighted by molar-refractivity contribution is 7.13. The predicted molar refractivity (Wildman–Crippen MR) is 71.2 cm³/mol. The van der Waals surface area contributed by atoms with Gasteiger partial charge in [0.15, 0.2) is 0 Å². The second-order valence-corrected chi connectivity index (χ2v) is 4.79. The van der Waals surface area contributed by atoms with E-state index in [-0.39, 0.29) is 5.56 Å². The third-order valence-corrected chi connectivity index (χ3v) is 2.98. The van der Waals surface area contributed by atoms with Gasteiger partial charge in [-0.3, -0.25) is 5.43 Å². The molecule has 0 bridgehead atoms. The Hall–Kier alpha value is -2.16. The smallest absolute Gasteiger partial charge is 0.406 e. The molecule has 0 aliphatic rings. The molecule has 0 saturated carbocycles. The van der Waals surface area contributed by atoms with E-state index in [1.54, 1.807) is 12.3 Å². The van der Waals surface area contributed by atoms with Gasteiger partial charge in [-0.15, -0.1) is 24.5 Å². The fourth-order valence-corrected chi connectivity index (χ4v) is 2.06. The number of alkyl halides is 3. The summed E-state index contributed by atoms with van der Waals surface area (Å²) in [6, 6.07) is 2.69. The van der Waals surface area contributed by atoms with Crippen molar-refractivity contribution in [3.63, 3.8) is 0 Å². The van der Waals surface area contributed by atoms with Crippen molar-refractivity contribution < 1.29 is 22.3 Å². The van der Waals surface area contributed by atoms with E-state index in [1.165, 1.54) is 17.6 Å². The Bertz CT molecular complexity index is 654. The van der Waals surface area contributed by atoms with Crippen molar-refractivity contribution in [3.8, 4) is 5.75 Å². The van der Waals surface area contributed by atoms with Gasteiger partial charge in [0.2, 0.25) is 5.13 Å². The topological polar surface area (TPSA) is 46.5 Å². The molecule has 1 aromatic heterocycles. The highest BCUT2D eigenvalue weighted by Gasteiger charge is 2.31. The maximum atomic E-state index is 13.2. The summed E-state index contributed by atoms with van der Waals surface area (Å²) in [5.41, 5.74) is 3.52. The highest BCUT2D eigenvalue weighted by atomic mass is 32.1. The fourth-order valence-electron chi connectivity index (χ4n) is 1.42. The number of aromatic nitrogens is 1. The maximum Gasteiger partial charge on any atom is 0.573 e. The molecule has 2 aromatic rings. The summed E-state index contributed by atoms with van der Waals surface area (Å²) < 4.78 is 53.1. The fraction of sp³-hybridized carbons (Fsp3) is 0.167. The van der Waals surface area contributed by atoms with Crippen molar-refractivity contribution in [1.82, 2.24) is 4.98 Å². The molecule has 2 rings (SSSR count). The lowest BCUT2D eigenvalue weighted by atomic mass is 10.2. The van der Waals surface area contributed by atoms with Gasteiger partial charge < -0.3 is 4.74 Å². The lowest BCUT2D eigenvalue weighted by molar-refractivity contribution is -0.274. The lowest BCUT2D eigenvalue weighted by Crippen LogP contribution is -2.17. The van der Waals surface area contributed by atoms with Crippen LogP contribution in [0.3, 0.4) is 0 Å². The van der Waals surface area contributed by atoms with E-state index in [0.717, 1.165) is 17.8 Å². The number of anilines is 1. The molecule has 1 aromatic carbocycles. The molecule has 0 saturated heterocycles. The lowest BCUT2D eigenvalue weighted by Gasteiger charge is -2.09. The zero-order valence-electron chi connectivity index (χ0n) is 10.6. The molecule has 0 radical (unpaired) electrons. The Morgan fingerprint density at radius 3 is 2.71 bits per heavy atom. The summed E-state index contributed by atoms with van der Waals surface area (Å²) in [7, 11) is 0. The van der Waals surface area contributed by atoms with E-state index in [4.69, 9.17) is 0 Å². The van der Waals surface area contributed by atoms with Gasteiger partial charge in [0.1, 0.15) is 11.6 Å². The van der Waals surface area contributed by atoms with Crippen LogP contribution in [0, 0.1) is 12.7 Å². The number of benzene rings is 1. The first-order valence-electron chi connectivity index (χ1n) is 5.59. The number of hydrazone groups is 1. The average Bonchev–Trinajstić information content (AvgIpc) is 2.72. The molecule has 0 atom stereocenters. The SMILES string of the molecule is Cc1csc(NN=Cc2cc(F)cc(OC(F)(F)F)c2)n1. The zero-order chi connectivity index (χ0) is 15.5. The summed E-state index contributed by atoms with van der Waals surface area (Å²) in [5.74, 6) is -1.50. The molecule has 0 aliphatic carbocycles. The number of thiazole rings is 1. The summed E-state index contributed by atoms with van der Waals surface area (Å²) >= 11 is 1.32. The van der Waals surface area contributed by atoms with Crippen LogP contribution >= 0.6 is 11.3 Å². The summed E-state index contributed by atoms with van der Waals surface area (Å²) in [6.07, 6.45) is -3.71. The molecular weight excluding hydrogens is 310 g/mol. The van der Waals surface area contributed by atoms with Gasteiger partial charge in [-0.05, 0) is 19.1 Å². The van der Waals surface area contributed by atoms with Gasteiger partial charge in [-0.25, -0.2) is 9.37 Å². The molecule has 0 unspecified atom stereocenters. The van der Waals surface area contributed by atoms with Gasteiger partial charge >= 0.3 is 6.36 Å². The molecule has 4 nitrogen and oxygen atoms in total. The molecule has 0 fully saturated rings. The molecule has 112 valence electrons. The van der Waals surface area contributed by atoms with Crippen LogP contribution in [0.1, 0.15) is 11.3 Å². The predicted octanol–water partition coefficient (Wildman–Crippen LogP) is 3.94. The number of ether oxygens (including phenoxy) is 1. The summed E-state index contributed by atoms with van der Waals surface area (Å²) in [4.78, 5) is 4.07. The van der Waals surface area contributed by atoms with Gasteiger partial charge in [-0.2, -0.15) is 5.10 Å². The monoisotopic (exact) mass is 319 g/mol. The first-order valence-corrected chi connectivity index (χ1v) is 6.47. The van der Waals surface area contributed by atoms with Gasteiger partial charge in [0.25, 0.3) is 0 Å². The Labute approximate surface area is 121 Å². The number of hydrogen-bond donors (Lipinski definition) is 1. The van der Waals surface area contributed by atoms with E-state index in [0.29, 0.717) is 11.2 Å². The second-order valence-electron chi connectivity index (χ2n) is 3.93. The Morgan fingerprint density at radius 2 is 2.10 bits per heavy atom. The molecule has 0 aliphatic heterocycles. The van der Waals surface area contributed by atoms with Crippen LogP contribution in [0.2, 0.25) is 0 Å². The minimum atomic E-state index is -4.88. The first kappa shape index (κ1) is 15.2. The number of halogens is 4. The van der Waals surface area contributed by atoms with E-state index in [1.807, 2.05) is 0 Å². The van der Waals surface area contributed by atoms with Crippen LogP contribution in [0.25, 0.3) is 0 Å². The van der Waals surface area contributed by atoms with Crippen LogP contribution in [-0.2, 0) is 0 Å². The van der Waals surface area contributed by atoms with Crippen molar-refractivity contribution >= 4 is 22.7 Å². The van der Waals surface area contributed by atoms with Crippen molar-refractivity contribution in [2.45, 2.75) is 13.3 Å². The third-order valence-electron chi connectivity index (χ3n) is 2.12. The standard InChI is InChI=1S/C12H9F4N3OS/c1-7-6-21-11(18-7)19-17-5-8-2-9(13)4-10(3-8)20-12(14,15)16/h2-6H,1H3,(H,18,19). The van der Waals surface area contributed by atoms with E-state index < -0.39 is 17.9 Å². The summed E-state index contributed by atoms with van der Waals surface area (Å²) in [6.45, 7) is 1.80.